The van der Waals surface area contributed by atoms with E-state index in [9.17, 15) is 4.79 Å². The number of H-pyrrole nitrogens is 1. The van der Waals surface area contributed by atoms with Gasteiger partial charge in [-0.05, 0) is 90.0 Å². The molecule has 1 atom stereocenters. The second-order valence-electron chi connectivity index (χ2n) is 8.48. The van der Waals surface area contributed by atoms with Crippen LogP contribution in [-0.4, -0.2) is 54.9 Å². The summed E-state index contributed by atoms with van der Waals surface area (Å²) in [5.41, 5.74) is 4.20. The molecule has 0 amide bonds. The van der Waals surface area contributed by atoms with Gasteiger partial charge in [0, 0.05) is 34.0 Å². The molecule has 0 saturated carbocycles. The number of fused-ring (bicyclic) bond motifs is 1. The van der Waals surface area contributed by atoms with E-state index in [0.717, 1.165) is 29.9 Å². The summed E-state index contributed by atoms with van der Waals surface area (Å²) >= 11 is 1.54. The van der Waals surface area contributed by atoms with E-state index in [1.165, 1.54) is 17.4 Å². The number of hydrogen-bond acceptors (Lipinski definition) is 6. The number of aromatic amines is 1. The molecule has 31 heavy (non-hydrogen) atoms. The lowest BCUT2D eigenvalue weighted by molar-refractivity contribution is -0.104. The molecule has 1 fully saturated rings. The molecule has 2 aromatic rings. The maximum atomic E-state index is 10.5. The Morgan fingerprint density at radius 3 is 2.58 bits per heavy atom. The smallest absolute Gasteiger partial charge is 0.168 e. The number of aryl methyl sites for hydroxylation is 1. The van der Waals surface area contributed by atoms with Gasteiger partial charge in [0.1, 0.15) is 5.70 Å². The zero-order valence-electron chi connectivity index (χ0n) is 19.5. The summed E-state index contributed by atoms with van der Waals surface area (Å²) in [6.07, 6.45) is 3.08. The molecular weight excluding hydrogens is 408 g/mol. The zero-order valence-corrected chi connectivity index (χ0v) is 20.3. The Balaban J connectivity index is 0.000000303. The lowest BCUT2D eigenvalue weighted by atomic mass is 10.1. The molecule has 3 rings (SSSR count). The number of carbonyl (C=O) groups excluding carboxylic acids is 1. The van der Waals surface area contributed by atoms with Crippen molar-refractivity contribution in [3.05, 3.63) is 46.6 Å². The maximum Gasteiger partial charge on any atom is 0.168 e. The van der Waals surface area contributed by atoms with Crippen LogP contribution >= 0.6 is 11.8 Å². The van der Waals surface area contributed by atoms with Crippen LogP contribution in [0, 0.1) is 6.92 Å². The van der Waals surface area contributed by atoms with Crippen LogP contribution in [0.25, 0.3) is 10.9 Å². The Morgan fingerprint density at radius 1 is 1.39 bits per heavy atom. The van der Waals surface area contributed by atoms with Crippen LogP contribution in [0.3, 0.4) is 0 Å². The molecule has 2 heterocycles. The number of carbonyl (C=O) groups is 1. The minimum Gasteiger partial charge on any atom is -0.395 e. The average molecular weight is 447 g/mol. The SMILES string of the molecule is C=N/C(C=O)=C\SCc1ccc2[nH]c(C)cc2c1.CNC(C)(C)C.OCC1CCCN1. The van der Waals surface area contributed by atoms with Crippen molar-refractivity contribution in [2.45, 2.75) is 57.9 Å². The van der Waals surface area contributed by atoms with Crippen LogP contribution < -0.4 is 10.6 Å². The van der Waals surface area contributed by atoms with Gasteiger partial charge in [0.05, 0.1) is 6.61 Å². The summed E-state index contributed by atoms with van der Waals surface area (Å²) in [6.45, 7) is 13.2. The van der Waals surface area contributed by atoms with Crippen LogP contribution in [0.5, 0.6) is 0 Å². The van der Waals surface area contributed by atoms with Gasteiger partial charge in [-0.3, -0.25) is 9.79 Å². The van der Waals surface area contributed by atoms with Crippen LogP contribution in [0.15, 0.2) is 40.4 Å². The fourth-order valence-corrected chi connectivity index (χ4v) is 3.41. The monoisotopic (exact) mass is 446 g/mol. The molecule has 1 saturated heterocycles. The van der Waals surface area contributed by atoms with Crippen molar-refractivity contribution in [2.75, 3.05) is 20.2 Å². The third kappa shape index (κ3) is 11.3. The predicted octanol–water partition coefficient (Wildman–Crippen LogP) is 4.19. The molecule has 1 unspecified atom stereocenters. The van der Waals surface area contributed by atoms with Gasteiger partial charge in [0.25, 0.3) is 0 Å². The van der Waals surface area contributed by atoms with Crippen molar-refractivity contribution in [1.82, 2.24) is 15.6 Å². The number of aliphatic hydroxyl groups is 1. The standard InChI is InChI=1S/C14H14N2OS.C5H11NO.C5H13N/c1-10-5-12-6-11(3-4-14(12)16-10)8-18-9-13(7-17)15-2;7-4-5-2-1-3-6-5;1-5(2,3)6-4/h3-7,9,16H,2,8H2,1H3;5-7H,1-4H2;6H,1-4H3/b13-9-;;. The first-order valence-electron chi connectivity index (χ1n) is 10.6. The highest BCUT2D eigenvalue weighted by Gasteiger charge is 2.10. The van der Waals surface area contributed by atoms with Gasteiger partial charge >= 0.3 is 0 Å². The Labute approximate surface area is 191 Å². The predicted molar refractivity (Wildman–Crippen MR) is 135 cm³/mol. The van der Waals surface area contributed by atoms with E-state index in [0.29, 0.717) is 30.2 Å². The van der Waals surface area contributed by atoms with E-state index in [1.807, 2.05) is 14.0 Å². The second kappa shape index (κ2) is 14.2. The van der Waals surface area contributed by atoms with Crippen LogP contribution in [-0.2, 0) is 10.5 Å². The van der Waals surface area contributed by atoms with Crippen molar-refractivity contribution in [3.8, 4) is 0 Å². The number of aliphatic hydroxyl groups excluding tert-OH is 1. The first kappa shape index (κ1) is 27.1. The molecule has 1 aliphatic rings. The first-order chi connectivity index (χ1) is 14.7. The van der Waals surface area contributed by atoms with Crippen molar-refractivity contribution < 1.29 is 9.90 Å². The Hall–Kier alpha value is -1.93. The molecule has 172 valence electrons. The molecular formula is C24H38N4O2S. The third-order valence-corrected chi connectivity index (χ3v) is 5.62. The summed E-state index contributed by atoms with van der Waals surface area (Å²) in [4.78, 5) is 17.4. The van der Waals surface area contributed by atoms with Crippen LogP contribution in [0.2, 0.25) is 0 Å². The normalized spacial score (nSPS) is 16.2. The molecule has 0 bridgehead atoms. The quantitative estimate of drug-likeness (QED) is 0.304. The Bertz CT molecular complexity index is 824. The minimum atomic E-state index is 0.292. The van der Waals surface area contributed by atoms with Gasteiger partial charge in [-0.25, -0.2) is 0 Å². The van der Waals surface area contributed by atoms with Crippen molar-refractivity contribution in [2.24, 2.45) is 4.99 Å². The number of thioether (sulfide) groups is 1. The second-order valence-corrected chi connectivity index (χ2v) is 9.34. The summed E-state index contributed by atoms with van der Waals surface area (Å²) in [5.74, 6) is 0.813. The largest absolute Gasteiger partial charge is 0.395 e. The van der Waals surface area contributed by atoms with Crippen molar-refractivity contribution in [1.29, 1.82) is 0 Å². The zero-order chi connectivity index (χ0) is 23.3. The maximum absolute atomic E-state index is 10.5. The summed E-state index contributed by atoms with van der Waals surface area (Å²) in [6, 6.07) is 8.85. The average Bonchev–Trinajstić information content (AvgIpc) is 3.40. The summed E-state index contributed by atoms with van der Waals surface area (Å²) in [7, 11) is 1.96. The molecule has 6 nitrogen and oxygen atoms in total. The summed E-state index contributed by atoms with van der Waals surface area (Å²) in [5, 5.41) is 17.7. The number of hydrogen-bond donors (Lipinski definition) is 4. The van der Waals surface area contributed by atoms with E-state index in [-0.39, 0.29) is 0 Å². The van der Waals surface area contributed by atoms with Gasteiger partial charge in [0.2, 0.25) is 0 Å². The van der Waals surface area contributed by atoms with Gasteiger partial charge in [0.15, 0.2) is 6.29 Å². The van der Waals surface area contributed by atoms with Crippen LogP contribution in [0.4, 0.5) is 0 Å². The molecule has 0 radical (unpaired) electrons. The Kier molecular flexibility index (Phi) is 12.4. The number of benzene rings is 1. The third-order valence-electron chi connectivity index (χ3n) is 4.71. The van der Waals surface area contributed by atoms with Gasteiger partial charge < -0.3 is 20.7 Å². The summed E-state index contributed by atoms with van der Waals surface area (Å²) < 4.78 is 0. The number of allylic oxidation sites excluding steroid dienone is 1. The number of aldehydes is 1. The molecule has 7 heteroatoms. The van der Waals surface area contributed by atoms with E-state index in [2.05, 4.69) is 72.4 Å². The topological polar surface area (TPSA) is 89.5 Å². The number of aromatic nitrogens is 1. The minimum absolute atomic E-state index is 0.292. The molecule has 1 aromatic carbocycles. The van der Waals surface area contributed by atoms with Crippen molar-refractivity contribution in [3.63, 3.8) is 0 Å². The fraction of sp³-hybridized carbons (Fsp3) is 0.500. The number of rotatable bonds is 6. The number of aliphatic imine (C=N–C) groups is 1. The van der Waals surface area contributed by atoms with Gasteiger partial charge in [-0.1, -0.05) is 6.07 Å². The van der Waals surface area contributed by atoms with E-state index in [4.69, 9.17) is 5.11 Å². The number of nitrogens with zero attached hydrogens (tertiary/aromatic N) is 1. The van der Waals surface area contributed by atoms with Gasteiger partial charge in [-0.2, -0.15) is 0 Å². The molecule has 0 spiro atoms. The Morgan fingerprint density at radius 2 is 2.10 bits per heavy atom. The van der Waals surface area contributed by atoms with E-state index in [1.54, 1.807) is 17.2 Å². The number of nitrogens with one attached hydrogen (secondary N) is 3. The first-order valence-corrected chi connectivity index (χ1v) is 11.6. The van der Waals surface area contributed by atoms with Crippen molar-refractivity contribution >= 4 is 35.7 Å². The lowest BCUT2D eigenvalue weighted by Crippen LogP contribution is -2.31. The highest BCUT2D eigenvalue weighted by atomic mass is 32.2. The van der Waals surface area contributed by atoms with E-state index < -0.39 is 0 Å². The molecule has 0 aliphatic carbocycles. The van der Waals surface area contributed by atoms with E-state index >= 15 is 0 Å². The molecule has 1 aromatic heterocycles. The molecule has 1 aliphatic heterocycles. The molecule has 4 N–H and O–H groups in total. The fourth-order valence-electron chi connectivity index (χ4n) is 2.66. The lowest BCUT2D eigenvalue weighted by Gasteiger charge is -2.15. The highest BCUT2D eigenvalue weighted by molar-refractivity contribution is 8.01. The van der Waals surface area contributed by atoms with Crippen LogP contribution in [0.1, 0.15) is 44.9 Å². The highest BCUT2D eigenvalue weighted by Crippen LogP contribution is 2.21. The van der Waals surface area contributed by atoms with Gasteiger partial charge in [-0.15, -0.1) is 11.8 Å².